The van der Waals surface area contributed by atoms with Gasteiger partial charge in [0.2, 0.25) is 5.79 Å². The summed E-state index contributed by atoms with van der Waals surface area (Å²) >= 11 is 0. The second-order valence-electron chi connectivity index (χ2n) is 14.5. The Morgan fingerprint density at radius 2 is 1.69 bits per heavy atom. The highest BCUT2D eigenvalue weighted by atomic mass is 16.7. The molecule has 2 aliphatic carbocycles. The Morgan fingerprint density at radius 3 is 2.21 bits per heavy atom. The minimum absolute atomic E-state index is 0.0448. The number of methoxy groups -OCH3 is 1. The van der Waals surface area contributed by atoms with Crippen molar-refractivity contribution in [2.75, 3.05) is 13.7 Å². The average molecular weight is 731 g/mol. The van der Waals surface area contributed by atoms with Gasteiger partial charge in [0.25, 0.3) is 0 Å². The van der Waals surface area contributed by atoms with Crippen LogP contribution in [0.4, 0.5) is 0 Å². The lowest BCUT2D eigenvalue weighted by molar-refractivity contribution is -0.356. The van der Waals surface area contributed by atoms with E-state index >= 15 is 0 Å². The van der Waals surface area contributed by atoms with Crippen LogP contribution in [-0.2, 0) is 52.4 Å². The molecule has 1 saturated heterocycles. The Bertz CT molecular complexity index is 1670. The van der Waals surface area contributed by atoms with Gasteiger partial charge in [0.05, 0.1) is 38.6 Å². The van der Waals surface area contributed by atoms with Crippen LogP contribution in [0, 0.1) is 22.7 Å². The van der Waals surface area contributed by atoms with Crippen LogP contribution in [0.3, 0.4) is 0 Å². The zero-order chi connectivity index (χ0) is 39.0. The Kier molecular flexibility index (Phi) is 11.6. The number of carbonyl (C=O) groups is 5. The second kappa shape index (κ2) is 14.9. The monoisotopic (exact) mass is 730 g/mol. The van der Waals surface area contributed by atoms with Crippen molar-refractivity contribution in [3.63, 3.8) is 0 Å². The van der Waals surface area contributed by atoms with Crippen molar-refractivity contribution in [2.24, 2.45) is 22.7 Å². The van der Waals surface area contributed by atoms with Crippen LogP contribution < -0.4 is 0 Å². The van der Waals surface area contributed by atoms with E-state index in [-0.39, 0.29) is 36.6 Å². The van der Waals surface area contributed by atoms with Gasteiger partial charge >= 0.3 is 29.8 Å². The molecule has 2 N–H and O–H groups in total. The van der Waals surface area contributed by atoms with Crippen LogP contribution in [0.2, 0.25) is 0 Å². The Morgan fingerprint density at radius 1 is 1.02 bits per heavy atom. The van der Waals surface area contributed by atoms with Gasteiger partial charge in [0.15, 0.2) is 11.7 Å². The molecule has 2 aliphatic heterocycles. The lowest BCUT2D eigenvalue weighted by atomic mass is 9.51. The fourth-order valence-electron chi connectivity index (χ4n) is 8.15. The number of aliphatic hydroxyl groups is 2. The van der Waals surface area contributed by atoms with Gasteiger partial charge in [0.1, 0.15) is 18.0 Å². The molecule has 14 nitrogen and oxygen atoms in total. The zero-order valence-corrected chi connectivity index (χ0v) is 31.4. The molecule has 0 bridgehead atoms. The molecule has 0 unspecified atom stereocenters. The molecular formula is C38H50O14. The number of hydrogen-bond acceptors (Lipinski definition) is 14. The zero-order valence-electron chi connectivity index (χ0n) is 31.4. The molecule has 1 aromatic heterocycles. The van der Waals surface area contributed by atoms with E-state index in [0.717, 1.165) is 13.0 Å². The molecule has 0 amide bonds. The summed E-state index contributed by atoms with van der Waals surface area (Å²) in [4.78, 5) is 61.9. The minimum atomic E-state index is -2.52. The maximum absolute atomic E-state index is 13.4. The normalized spacial score (nSPS) is 33.2. The Labute approximate surface area is 303 Å². The van der Waals surface area contributed by atoms with Crippen LogP contribution >= 0.6 is 0 Å². The third-order valence-electron chi connectivity index (χ3n) is 10.9. The van der Waals surface area contributed by atoms with Crippen molar-refractivity contribution in [3.05, 3.63) is 58.8 Å². The van der Waals surface area contributed by atoms with E-state index in [4.69, 9.17) is 28.1 Å². The molecule has 14 heteroatoms. The van der Waals surface area contributed by atoms with Gasteiger partial charge in [-0.05, 0) is 51.3 Å². The molecule has 5 rings (SSSR count). The Balaban J connectivity index is 0.000000929. The summed E-state index contributed by atoms with van der Waals surface area (Å²) in [7, 11) is 1.27. The molecule has 52 heavy (non-hydrogen) atoms. The standard InChI is InChI=1S/C34H42O12.C4H8O2/c1-9-17(2)30(38)45-28-25-26(18(3)21(31(28,5)6)14-23(36)41-8)46-33(39)12-11-32(7)22(34(33,40)29(25)43-19(4)35)15-24(37)44-27(32)20-10-13-42-16-20;1-3-6-4(2)5/h9-10,13,15-16,21,25,27-29,39-40H,11-12,14H2,1-8H3;3H2,1-2H3/b17-9+;/t21-,25-,27+,28-,29-,32-,33-,34-;/m1./s1. The van der Waals surface area contributed by atoms with E-state index in [0.29, 0.717) is 23.3 Å². The molecule has 286 valence electrons. The summed E-state index contributed by atoms with van der Waals surface area (Å²) in [5.41, 5.74) is -3.25. The maximum atomic E-state index is 13.4. The summed E-state index contributed by atoms with van der Waals surface area (Å²) in [6.07, 6.45) is 1.79. The van der Waals surface area contributed by atoms with Gasteiger partial charge in [0, 0.05) is 54.2 Å². The largest absolute Gasteiger partial charge is 0.472 e. The molecular weight excluding hydrogens is 680 g/mol. The number of ether oxygens (including phenoxy) is 6. The highest BCUT2D eigenvalue weighted by molar-refractivity contribution is 5.88. The first-order valence-electron chi connectivity index (χ1n) is 17.2. The minimum Gasteiger partial charge on any atom is -0.472 e. The first-order chi connectivity index (χ1) is 24.2. The number of rotatable bonds is 7. The number of carbonyl (C=O) groups excluding carboxylic acids is 5. The van der Waals surface area contributed by atoms with E-state index in [2.05, 4.69) is 4.74 Å². The SMILES string of the molecule is C/C=C(\C)C(=O)O[C@@H]1[C@H]2C(=C(C)[C@@H](CC(=O)OC)C1(C)C)O[C@]1(O)CC[C@]3(C)C(=CC(=O)O[C@H]3c3ccoc3)[C@@]1(O)[C@@H]2OC(C)=O.CCOC(C)=O. The first-order valence-corrected chi connectivity index (χ1v) is 17.2. The topological polar surface area (TPSA) is 194 Å². The van der Waals surface area contributed by atoms with Crippen LogP contribution in [0.1, 0.15) is 93.2 Å². The molecule has 3 heterocycles. The fraction of sp³-hybridized carbons (Fsp3) is 0.605. The van der Waals surface area contributed by atoms with E-state index in [9.17, 15) is 34.2 Å². The lowest BCUT2D eigenvalue weighted by Gasteiger charge is -2.64. The van der Waals surface area contributed by atoms with Crippen LogP contribution in [0.25, 0.3) is 0 Å². The summed E-state index contributed by atoms with van der Waals surface area (Å²) in [5, 5.41) is 25.4. The van der Waals surface area contributed by atoms with Crippen LogP contribution in [0.15, 0.2) is 57.6 Å². The number of esters is 5. The molecule has 0 aromatic carbocycles. The van der Waals surface area contributed by atoms with E-state index in [1.807, 2.05) is 0 Å². The maximum Gasteiger partial charge on any atom is 0.333 e. The van der Waals surface area contributed by atoms with Gasteiger partial charge in [-0.1, -0.05) is 26.8 Å². The number of allylic oxidation sites excluding steroid dienone is 2. The van der Waals surface area contributed by atoms with Crippen LogP contribution in [-0.4, -0.2) is 77.4 Å². The number of furan rings is 1. The van der Waals surface area contributed by atoms with Gasteiger partial charge in [-0.15, -0.1) is 0 Å². The summed E-state index contributed by atoms with van der Waals surface area (Å²) in [6.45, 7) is 15.2. The number of hydrogen-bond donors (Lipinski definition) is 2. The summed E-state index contributed by atoms with van der Waals surface area (Å²) < 4.78 is 39.0. The van der Waals surface area contributed by atoms with Crippen LogP contribution in [0.5, 0.6) is 0 Å². The molecule has 8 atom stereocenters. The highest BCUT2D eigenvalue weighted by Gasteiger charge is 2.75. The Hall–Kier alpha value is -4.43. The average Bonchev–Trinajstić information content (AvgIpc) is 3.61. The van der Waals surface area contributed by atoms with Gasteiger partial charge in [-0.2, -0.15) is 0 Å². The highest BCUT2D eigenvalue weighted by Crippen LogP contribution is 2.66. The van der Waals surface area contributed by atoms with Gasteiger partial charge < -0.3 is 43.1 Å². The number of fused-ring (bicyclic) bond motifs is 4. The number of cyclic esters (lactones) is 1. The molecule has 2 fully saturated rings. The van der Waals surface area contributed by atoms with Gasteiger partial charge in [-0.3, -0.25) is 14.4 Å². The van der Waals surface area contributed by atoms with Crippen molar-refractivity contribution in [1.82, 2.24) is 0 Å². The van der Waals surface area contributed by atoms with Crippen molar-refractivity contribution in [2.45, 2.75) is 111 Å². The first kappa shape index (κ1) is 40.3. The second-order valence-corrected chi connectivity index (χ2v) is 14.5. The van der Waals surface area contributed by atoms with E-state index in [1.54, 1.807) is 60.6 Å². The van der Waals surface area contributed by atoms with E-state index < -0.39 is 76.2 Å². The fourth-order valence-corrected chi connectivity index (χ4v) is 8.15. The quantitative estimate of drug-likeness (QED) is 0.225. The summed E-state index contributed by atoms with van der Waals surface area (Å²) in [6, 6.07) is 1.65. The smallest absolute Gasteiger partial charge is 0.333 e. The summed E-state index contributed by atoms with van der Waals surface area (Å²) in [5.74, 6) is -7.03. The van der Waals surface area contributed by atoms with Crippen molar-refractivity contribution >= 4 is 29.8 Å². The molecule has 0 radical (unpaired) electrons. The van der Waals surface area contributed by atoms with Gasteiger partial charge in [-0.25, -0.2) is 9.59 Å². The third-order valence-corrected chi connectivity index (χ3v) is 10.9. The third kappa shape index (κ3) is 6.90. The predicted molar refractivity (Wildman–Crippen MR) is 181 cm³/mol. The predicted octanol–water partition coefficient (Wildman–Crippen LogP) is 4.54. The molecule has 1 saturated carbocycles. The lowest BCUT2D eigenvalue weighted by Crippen LogP contribution is -2.76. The van der Waals surface area contributed by atoms with E-state index in [1.165, 1.54) is 26.6 Å². The molecule has 1 aromatic rings. The molecule has 0 spiro atoms. The van der Waals surface area contributed by atoms with Crippen molar-refractivity contribution < 1.29 is 67.0 Å². The molecule has 4 aliphatic rings. The van der Waals surface area contributed by atoms with Crippen molar-refractivity contribution in [3.8, 4) is 0 Å². The van der Waals surface area contributed by atoms with Crippen molar-refractivity contribution in [1.29, 1.82) is 0 Å².